The van der Waals surface area contributed by atoms with E-state index in [1.807, 2.05) is 0 Å². The zero-order valence-electron chi connectivity index (χ0n) is 16.5. The highest BCUT2D eigenvalue weighted by Crippen LogP contribution is 2.60. The van der Waals surface area contributed by atoms with Gasteiger partial charge in [0.2, 0.25) is 0 Å². The van der Waals surface area contributed by atoms with E-state index in [1.165, 1.54) is 20.0 Å². The summed E-state index contributed by atoms with van der Waals surface area (Å²) in [6.45, 7) is 2.88. The van der Waals surface area contributed by atoms with Gasteiger partial charge in [0.1, 0.15) is 13.0 Å². The van der Waals surface area contributed by atoms with Crippen molar-refractivity contribution in [3.63, 3.8) is 0 Å². The van der Waals surface area contributed by atoms with E-state index in [0.717, 1.165) is 18.2 Å². The zero-order valence-corrected chi connectivity index (χ0v) is 20.8. The molecule has 1 atom stereocenters. The van der Waals surface area contributed by atoms with Gasteiger partial charge in [-0.05, 0) is 29.7 Å². The van der Waals surface area contributed by atoms with Crippen LogP contribution in [0.3, 0.4) is 0 Å². The number of nitrogens with zero attached hydrogens (tertiary/aromatic N) is 1. The molecule has 0 fully saturated rings. The molecule has 3 rings (SSSR count). The maximum atomic E-state index is 14.5. The Labute approximate surface area is 204 Å². The van der Waals surface area contributed by atoms with Gasteiger partial charge in [0.15, 0.2) is 5.60 Å². The van der Waals surface area contributed by atoms with Crippen LogP contribution in [0.25, 0.3) is 10.8 Å². The Morgan fingerprint density at radius 1 is 1.00 bits per heavy atom. The summed E-state index contributed by atoms with van der Waals surface area (Å²) in [5, 5.41) is 22.8. The minimum atomic E-state index is -5.05. The number of phenolic OH excluding ortho intramolecular Hbond substituents is 1. The lowest BCUT2D eigenvalue weighted by Crippen LogP contribution is -2.65. The van der Waals surface area contributed by atoms with Gasteiger partial charge in [0.25, 0.3) is 0 Å². The first kappa shape index (κ1) is 24.4. The van der Waals surface area contributed by atoms with Gasteiger partial charge < -0.3 is 10.2 Å². The number of pyridine rings is 1. The molecule has 2 N–H and O–H groups in total. The molecule has 1 unspecified atom stereocenters. The number of aromatic hydroxyl groups is 1. The van der Waals surface area contributed by atoms with Gasteiger partial charge in [0.05, 0.1) is 5.69 Å². The molecule has 0 amide bonds. The highest BCUT2D eigenvalue weighted by molar-refractivity contribution is 14.2. The Morgan fingerprint density at radius 2 is 1.65 bits per heavy atom. The second-order valence-electron chi connectivity index (χ2n) is 7.87. The lowest BCUT2D eigenvalue weighted by Gasteiger charge is -2.49. The number of fused-ring (bicyclic) bond motifs is 1. The molecule has 0 aliphatic heterocycles. The fraction of sp³-hybridized carbons (Fsp3) is 0.318. The van der Waals surface area contributed by atoms with Gasteiger partial charge in [-0.1, -0.05) is 83.3 Å². The third kappa shape index (κ3) is 4.12. The first-order valence-corrected chi connectivity index (χ1v) is 11.4. The van der Waals surface area contributed by atoms with E-state index < -0.39 is 30.9 Å². The third-order valence-corrected chi connectivity index (χ3v) is 10.1. The standard InChI is InChI=1S/C22H19F4I2NO2/c1-19(2,16-11-14(23)7-8-18(16)30)21(27,28)20(31,22(24,25)26)12-17-15-6-4-3-5-13(15)9-10-29-17/h3-11,30-31H,12H2,1-2H3. The third-order valence-electron chi connectivity index (χ3n) is 5.58. The topological polar surface area (TPSA) is 53.4 Å². The van der Waals surface area contributed by atoms with Crippen LogP contribution in [-0.2, 0) is 11.8 Å². The molecular formula is C22H19F4I2NO2. The first-order valence-electron chi connectivity index (χ1n) is 9.21. The summed E-state index contributed by atoms with van der Waals surface area (Å²) in [6, 6.07) is 11.6. The summed E-state index contributed by atoms with van der Waals surface area (Å²) in [7, 11) is 0. The number of benzene rings is 2. The molecule has 0 saturated carbocycles. The van der Waals surface area contributed by atoms with E-state index in [9.17, 15) is 27.8 Å². The Balaban J connectivity index is 2.20. The number of aliphatic hydroxyl groups is 1. The SMILES string of the molecule is CC(C)(c1cc(F)ccc1O)C(I)(I)C(O)(Cc1nccc2ccccc12)C(F)(F)F. The molecule has 0 saturated heterocycles. The van der Waals surface area contributed by atoms with Gasteiger partial charge in [-0.3, -0.25) is 4.98 Å². The molecule has 9 heteroatoms. The van der Waals surface area contributed by atoms with Crippen molar-refractivity contribution in [2.24, 2.45) is 0 Å². The zero-order chi connectivity index (χ0) is 23.2. The highest BCUT2D eigenvalue weighted by atomic mass is 127. The maximum absolute atomic E-state index is 14.5. The molecule has 2 aromatic carbocycles. The minimum Gasteiger partial charge on any atom is -0.508 e. The van der Waals surface area contributed by atoms with Crippen molar-refractivity contribution in [2.45, 2.75) is 38.9 Å². The molecule has 3 aromatic rings. The summed E-state index contributed by atoms with van der Waals surface area (Å²) in [6.07, 6.45) is -4.46. The fourth-order valence-corrected chi connectivity index (χ4v) is 5.22. The number of rotatable bonds is 5. The summed E-state index contributed by atoms with van der Waals surface area (Å²) < 4.78 is 55.4. The van der Waals surface area contributed by atoms with Crippen LogP contribution in [0.1, 0.15) is 25.1 Å². The predicted molar refractivity (Wildman–Crippen MR) is 128 cm³/mol. The number of aromatic nitrogens is 1. The fourth-order valence-electron chi connectivity index (χ4n) is 3.65. The Hall–Kier alpha value is -1.21. The minimum absolute atomic E-state index is 0.0372. The van der Waals surface area contributed by atoms with Crippen molar-refractivity contribution < 1.29 is 27.8 Å². The number of phenols is 1. The lowest BCUT2D eigenvalue weighted by atomic mass is 9.72. The monoisotopic (exact) mass is 659 g/mol. The van der Waals surface area contributed by atoms with E-state index in [4.69, 9.17) is 0 Å². The van der Waals surface area contributed by atoms with Crippen LogP contribution >= 0.6 is 45.2 Å². The van der Waals surface area contributed by atoms with E-state index in [-0.39, 0.29) is 17.0 Å². The van der Waals surface area contributed by atoms with Crippen LogP contribution in [0, 0.1) is 5.82 Å². The molecule has 0 aliphatic carbocycles. The Kier molecular flexibility index (Phi) is 6.53. The van der Waals surface area contributed by atoms with Crippen LogP contribution in [0.2, 0.25) is 0 Å². The number of hydrogen-bond donors (Lipinski definition) is 2. The number of alkyl halides is 5. The van der Waals surface area contributed by atoms with Crippen molar-refractivity contribution in [1.29, 1.82) is 0 Å². The highest BCUT2D eigenvalue weighted by Gasteiger charge is 2.69. The molecular weight excluding hydrogens is 640 g/mol. The summed E-state index contributed by atoms with van der Waals surface area (Å²) >= 11 is 3.12. The Bertz CT molecular complexity index is 1110. The molecule has 0 radical (unpaired) electrons. The number of hydrogen-bond acceptors (Lipinski definition) is 3. The normalized spacial score (nSPS) is 15.1. The van der Waals surface area contributed by atoms with Crippen LogP contribution in [0.5, 0.6) is 5.75 Å². The molecule has 1 aromatic heterocycles. The largest absolute Gasteiger partial charge is 0.508 e. The van der Waals surface area contributed by atoms with Crippen LogP contribution in [0.4, 0.5) is 17.6 Å². The number of halogens is 6. The van der Waals surface area contributed by atoms with Crippen molar-refractivity contribution in [3.05, 3.63) is 71.8 Å². The molecule has 0 aliphatic rings. The van der Waals surface area contributed by atoms with Crippen LogP contribution in [-0.4, -0.2) is 28.4 Å². The van der Waals surface area contributed by atoms with Gasteiger partial charge in [0, 0.05) is 29.0 Å². The van der Waals surface area contributed by atoms with Gasteiger partial charge in [-0.25, -0.2) is 4.39 Å². The smallest absolute Gasteiger partial charge is 0.419 e. The summed E-state index contributed by atoms with van der Waals surface area (Å²) in [5.74, 6) is -1.05. The molecule has 0 bridgehead atoms. The van der Waals surface area contributed by atoms with Crippen molar-refractivity contribution in [2.75, 3.05) is 0 Å². The van der Waals surface area contributed by atoms with E-state index in [0.29, 0.717) is 10.8 Å². The molecule has 31 heavy (non-hydrogen) atoms. The molecule has 0 spiro atoms. The molecule has 1 heterocycles. The second kappa shape index (κ2) is 8.29. The van der Waals surface area contributed by atoms with Gasteiger partial charge in [-0.15, -0.1) is 0 Å². The maximum Gasteiger partial charge on any atom is 0.419 e. The predicted octanol–water partition coefficient (Wildman–Crippen LogP) is 6.46. The summed E-state index contributed by atoms with van der Waals surface area (Å²) in [4.78, 5) is 4.13. The van der Waals surface area contributed by atoms with Crippen LogP contribution in [0.15, 0.2) is 54.7 Å². The van der Waals surface area contributed by atoms with E-state index in [1.54, 1.807) is 75.5 Å². The first-order chi connectivity index (χ1) is 14.2. The van der Waals surface area contributed by atoms with Gasteiger partial charge >= 0.3 is 6.18 Å². The van der Waals surface area contributed by atoms with E-state index in [2.05, 4.69) is 4.98 Å². The van der Waals surface area contributed by atoms with E-state index >= 15 is 0 Å². The van der Waals surface area contributed by atoms with Crippen molar-refractivity contribution in [1.82, 2.24) is 4.98 Å². The lowest BCUT2D eigenvalue weighted by molar-refractivity contribution is -0.263. The van der Waals surface area contributed by atoms with Crippen molar-refractivity contribution >= 4 is 56.0 Å². The Morgan fingerprint density at radius 3 is 2.29 bits per heavy atom. The van der Waals surface area contributed by atoms with Gasteiger partial charge in [-0.2, -0.15) is 13.2 Å². The average molecular weight is 659 g/mol. The second-order valence-corrected chi connectivity index (χ2v) is 13.2. The quantitative estimate of drug-likeness (QED) is 0.188. The molecule has 3 nitrogen and oxygen atoms in total. The van der Waals surface area contributed by atoms with Crippen LogP contribution < -0.4 is 0 Å². The summed E-state index contributed by atoms with van der Waals surface area (Å²) in [5.41, 5.74) is -4.71. The van der Waals surface area contributed by atoms with Crippen molar-refractivity contribution in [3.8, 4) is 5.75 Å². The molecule has 166 valence electrons. The average Bonchev–Trinajstić information content (AvgIpc) is 2.68.